The van der Waals surface area contributed by atoms with Crippen molar-refractivity contribution in [3.63, 3.8) is 0 Å². The number of nitrogens with one attached hydrogen (secondary N) is 1. The highest BCUT2D eigenvalue weighted by molar-refractivity contribution is 7.89. The lowest BCUT2D eigenvalue weighted by Crippen LogP contribution is -2.52. The third-order valence-corrected chi connectivity index (χ3v) is 9.45. The lowest BCUT2D eigenvalue weighted by molar-refractivity contribution is -0.126. The van der Waals surface area contributed by atoms with Gasteiger partial charge < -0.3 is 10.1 Å². The molecule has 2 fully saturated rings. The molecule has 1 aromatic rings. The number of carbonyl (C=O) groups excluding carboxylic acids is 1. The molecule has 1 N–H and O–H groups in total. The van der Waals surface area contributed by atoms with Gasteiger partial charge in [-0.1, -0.05) is 19.9 Å². The second kappa shape index (κ2) is 10.8. The molecule has 0 saturated carbocycles. The molecule has 184 valence electrons. The Balaban J connectivity index is 1.31. The molecule has 33 heavy (non-hydrogen) atoms. The SMILES string of the molecule is CC(C)C(CNC(=O)C1CCN(S(=O)(=O)c2ccc3c(c2)CCCC3)CC1)N1CCOCC1. The number of fused-ring (bicyclic) bond motifs is 1. The van der Waals surface area contributed by atoms with Gasteiger partial charge in [0.2, 0.25) is 15.9 Å². The first kappa shape index (κ1) is 24.6. The van der Waals surface area contributed by atoms with E-state index in [-0.39, 0.29) is 11.8 Å². The number of morpholine rings is 1. The average Bonchev–Trinajstić information content (AvgIpc) is 2.84. The summed E-state index contributed by atoms with van der Waals surface area (Å²) < 4.78 is 33.5. The van der Waals surface area contributed by atoms with Crippen molar-refractivity contribution in [2.24, 2.45) is 11.8 Å². The van der Waals surface area contributed by atoms with Gasteiger partial charge in [0.05, 0.1) is 18.1 Å². The van der Waals surface area contributed by atoms with Crippen LogP contribution in [0.4, 0.5) is 0 Å². The Labute approximate surface area is 198 Å². The minimum Gasteiger partial charge on any atom is -0.379 e. The van der Waals surface area contributed by atoms with Crippen LogP contribution in [0.1, 0.15) is 50.7 Å². The maximum Gasteiger partial charge on any atom is 0.243 e. The first-order chi connectivity index (χ1) is 15.9. The highest BCUT2D eigenvalue weighted by Gasteiger charge is 2.33. The monoisotopic (exact) mass is 477 g/mol. The van der Waals surface area contributed by atoms with E-state index in [4.69, 9.17) is 4.74 Å². The molecule has 2 aliphatic heterocycles. The summed E-state index contributed by atoms with van der Waals surface area (Å²) in [5.74, 6) is 0.365. The standard InChI is InChI=1S/C25H39N3O4S/c1-19(2)24(27-13-15-32-16-14-27)18-26-25(29)21-9-11-28(12-10-21)33(30,31)23-8-7-20-5-3-4-6-22(20)17-23/h7-8,17,19,21,24H,3-6,9-16,18H2,1-2H3,(H,26,29). The Morgan fingerprint density at radius 2 is 1.73 bits per heavy atom. The van der Waals surface area contributed by atoms with Crippen LogP contribution in [0.2, 0.25) is 0 Å². The van der Waals surface area contributed by atoms with Crippen LogP contribution in [-0.4, -0.2) is 75.5 Å². The average molecular weight is 478 g/mol. The van der Waals surface area contributed by atoms with E-state index in [0.717, 1.165) is 45.6 Å². The molecular formula is C25H39N3O4S. The van der Waals surface area contributed by atoms with Crippen LogP contribution >= 0.6 is 0 Å². The van der Waals surface area contributed by atoms with E-state index in [1.54, 1.807) is 10.4 Å². The van der Waals surface area contributed by atoms with Gasteiger partial charge in [-0.3, -0.25) is 9.69 Å². The number of rotatable bonds is 7. The fraction of sp³-hybridized carbons (Fsp3) is 0.720. The van der Waals surface area contributed by atoms with Gasteiger partial charge in [0.25, 0.3) is 0 Å². The highest BCUT2D eigenvalue weighted by Crippen LogP contribution is 2.28. The molecule has 1 unspecified atom stereocenters. The molecule has 1 amide bonds. The van der Waals surface area contributed by atoms with Crippen LogP contribution in [0.5, 0.6) is 0 Å². The number of aryl methyl sites for hydroxylation is 2. The molecular weight excluding hydrogens is 438 g/mol. The van der Waals surface area contributed by atoms with E-state index in [0.29, 0.717) is 49.3 Å². The van der Waals surface area contributed by atoms with Crippen molar-refractivity contribution in [2.75, 3.05) is 45.9 Å². The Bertz CT molecular complexity index is 920. The number of ether oxygens (including phenoxy) is 1. The summed E-state index contributed by atoms with van der Waals surface area (Å²) in [7, 11) is -3.51. The van der Waals surface area contributed by atoms with Crippen LogP contribution < -0.4 is 5.32 Å². The second-order valence-corrected chi connectivity index (χ2v) is 12.0. The summed E-state index contributed by atoms with van der Waals surface area (Å²) in [6, 6.07) is 5.92. The zero-order valence-electron chi connectivity index (χ0n) is 20.1. The zero-order valence-corrected chi connectivity index (χ0v) is 20.9. The Hall–Kier alpha value is -1.48. The lowest BCUT2D eigenvalue weighted by atomic mass is 9.92. The maximum atomic E-state index is 13.2. The van der Waals surface area contributed by atoms with Gasteiger partial charge in [0, 0.05) is 44.7 Å². The fourth-order valence-corrected chi connectivity index (χ4v) is 6.94. The van der Waals surface area contributed by atoms with Crippen molar-refractivity contribution in [2.45, 2.75) is 63.3 Å². The smallest absolute Gasteiger partial charge is 0.243 e. The van der Waals surface area contributed by atoms with Gasteiger partial charge >= 0.3 is 0 Å². The summed E-state index contributed by atoms with van der Waals surface area (Å²) in [6.45, 7) is 9.10. The van der Waals surface area contributed by atoms with Crippen LogP contribution in [0.3, 0.4) is 0 Å². The maximum absolute atomic E-state index is 13.2. The van der Waals surface area contributed by atoms with E-state index in [9.17, 15) is 13.2 Å². The third kappa shape index (κ3) is 5.78. The molecule has 4 rings (SSSR count). The number of hydrogen-bond acceptors (Lipinski definition) is 5. The molecule has 2 saturated heterocycles. The van der Waals surface area contributed by atoms with E-state index in [2.05, 4.69) is 24.1 Å². The zero-order chi connectivity index (χ0) is 23.4. The predicted octanol–water partition coefficient (Wildman–Crippen LogP) is 2.44. The van der Waals surface area contributed by atoms with E-state index in [1.807, 2.05) is 12.1 Å². The van der Waals surface area contributed by atoms with Gasteiger partial charge in [0.1, 0.15) is 0 Å². The van der Waals surface area contributed by atoms with Crippen LogP contribution in [0, 0.1) is 11.8 Å². The first-order valence-corrected chi connectivity index (χ1v) is 14.0. The second-order valence-electron chi connectivity index (χ2n) is 10.0. The number of amides is 1. The van der Waals surface area contributed by atoms with Crippen molar-refractivity contribution in [1.82, 2.24) is 14.5 Å². The van der Waals surface area contributed by atoms with Gasteiger partial charge in [-0.2, -0.15) is 4.31 Å². The van der Waals surface area contributed by atoms with Crippen LogP contribution in [-0.2, 0) is 32.4 Å². The molecule has 1 atom stereocenters. The van der Waals surface area contributed by atoms with Gasteiger partial charge in [0.15, 0.2) is 0 Å². The summed E-state index contributed by atoms with van der Waals surface area (Å²) in [6.07, 6.45) is 5.45. The summed E-state index contributed by atoms with van der Waals surface area (Å²) in [4.78, 5) is 15.7. The lowest BCUT2D eigenvalue weighted by Gasteiger charge is -2.37. The Kier molecular flexibility index (Phi) is 8.10. The predicted molar refractivity (Wildman–Crippen MR) is 129 cm³/mol. The Morgan fingerprint density at radius 3 is 2.39 bits per heavy atom. The molecule has 3 aliphatic rings. The van der Waals surface area contributed by atoms with Crippen molar-refractivity contribution in [3.8, 4) is 0 Å². The van der Waals surface area contributed by atoms with E-state index in [1.165, 1.54) is 17.5 Å². The normalized spacial score (nSPS) is 22.2. The number of hydrogen-bond donors (Lipinski definition) is 1. The van der Waals surface area contributed by atoms with Crippen LogP contribution in [0.15, 0.2) is 23.1 Å². The summed E-state index contributed by atoms with van der Waals surface area (Å²) in [5, 5.41) is 3.16. The molecule has 0 bridgehead atoms. The number of piperidine rings is 1. The molecule has 7 nitrogen and oxygen atoms in total. The van der Waals surface area contributed by atoms with Crippen LogP contribution in [0.25, 0.3) is 0 Å². The molecule has 2 heterocycles. The topological polar surface area (TPSA) is 79.0 Å². The summed E-state index contributed by atoms with van der Waals surface area (Å²) in [5.41, 5.74) is 2.46. The molecule has 1 aromatic carbocycles. The van der Waals surface area contributed by atoms with Gasteiger partial charge in [-0.15, -0.1) is 0 Å². The number of benzene rings is 1. The van der Waals surface area contributed by atoms with Crippen molar-refractivity contribution < 1.29 is 17.9 Å². The number of sulfonamides is 1. The van der Waals surface area contributed by atoms with Gasteiger partial charge in [-0.25, -0.2) is 8.42 Å². The third-order valence-electron chi connectivity index (χ3n) is 7.55. The van der Waals surface area contributed by atoms with Crippen molar-refractivity contribution in [3.05, 3.63) is 29.3 Å². The van der Waals surface area contributed by atoms with Gasteiger partial charge in [-0.05, 0) is 67.7 Å². The summed E-state index contributed by atoms with van der Waals surface area (Å²) >= 11 is 0. The molecule has 1 aliphatic carbocycles. The van der Waals surface area contributed by atoms with E-state index < -0.39 is 10.0 Å². The van der Waals surface area contributed by atoms with Crippen molar-refractivity contribution in [1.29, 1.82) is 0 Å². The molecule has 0 aromatic heterocycles. The van der Waals surface area contributed by atoms with Crippen molar-refractivity contribution >= 4 is 15.9 Å². The minimum absolute atomic E-state index is 0.0553. The Morgan fingerprint density at radius 1 is 1.06 bits per heavy atom. The first-order valence-electron chi connectivity index (χ1n) is 12.6. The fourth-order valence-electron chi connectivity index (χ4n) is 5.42. The minimum atomic E-state index is -3.51. The molecule has 8 heteroatoms. The number of carbonyl (C=O) groups is 1. The largest absolute Gasteiger partial charge is 0.379 e. The highest BCUT2D eigenvalue weighted by atomic mass is 32.2. The molecule has 0 spiro atoms. The number of nitrogens with zero attached hydrogens (tertiary/aromatic N) is 2. The quantitative estimate of drug-likeness (QED) is 0.653. The van der Waals surface area contributed by atoms with E-state index >= 15 is 0 Å². The molecule has 0 radical (unpaired) electrons.